The SMILES string of the molecule is CCc1ccc2oc3c(c(=O)c2c1)C(c1ccncc1)N(CCCO)C3=O. The molecule has 6 nitrogen and oxygen atoms in total. The molecule has 27 heavy (non-hydrogen) atoms. The van der Waals surface area contributed by atoms with Crippen molar-refractivity contribution in [3.63, 3.8) is 0 Å². The van der Waals surface area contributed by atoms with Gasteiger partial charge in [-0.3, -0.25) is 14.6 Å². The quantitative estimate of drug-likeness (QED) is 0.752. The first-order valence-electron chi connectivity index (χ1n) is 9.07. The van der Waals surface area contributed by atoms with Gasteiger partial charge in [0.05, 0.1) is 17.0 Å². The molecule has 138 valence electrons. The maximum absolute atomic E-state index is 13.3. The number of fused-ring (bicyclic) bond motifs is 2. The predicted octanol–water partition coefficient (Wildman–Crippen LogP) is 2.68. The van der Waals surface area contributed by atoms with E-state index >= 15 is 0 Å². The van der Waals surface area contributed by atoms with Crippen LogP contribution in [-0.4, -0.2) is 34.0 Å². The lowest BCUT2D eigenvalue weighted by atomic mass is 9.98. The molecule has 0 saturated heterocycles. The summed E-state index contributed by atoms with van der Waals surface area (Å²) in [4.78, 5) is 32.0. The molecular formula is C21H20N2O4. The lowest BCUT2D eigenvalue weighted by Crippen LogP contribution is -2.31. The summed E-state index contributed by atoms with van der Waals surface area (Å²) in [5, 5.41) is 9.71. The molecule has 0 radical (unpaired) electrons. The third kappa shape index (κ3) is 2.82. The van der Waals surface area contributed by atoms with E-state index in [0.717, 1.165) is 17.5 Å². The topological polar surface area (TPSA) is 83.6 Å². The first kappa shape index (κ1) is 17.4. The van der Waals surface area contributed by atoms with Gasteiger partial charge in [-0.1, -0.05) is 13.0 Å². The number of hydrogen-bond donors (Lipinski definition) is 1. The smallest absolute Gasteiger partial charge is 0.290 e. The zero-order valence-corrected chi connectivity index (χ0v) is 15.0. The van der Waals surface area contributed by atoms with Gasteiger partial charge in [0.2, 0.25) is 5.76 Å². The average molecular weight is 364 g/mol. The summed E-state index contributed by atoms with van der Waals surface area (Å²) in [5.74, 6) is -0.227. The van der Waals surface area contributed by atoms with E-state index in [-0.39, 0.29) is 23.7 Å². The van der Waals surface area contributed by atoms with Gasteiger partial charge in [-0.15, -0.1) is 0 Å². The molecule has 1 aliphatic heterocycles. The van der Waals surface area contributed by atoms with Gasteiger partial charge in [-0.25, -0.2) is 0 Å². The molecule has 0 fully saturated rings. The molecule has 3 aromatic rings. The van der Waals surface area contributed by atoms with Crippen molar-refractivity contribution in [3.8, 4) is 0 Å². The minimum absolute atomic E-state index is 0.0353. The standard InChI is InChI=1S/C21H20N2O4/c1-2-13-4-5-16-15(12-13)19(25)17-18(14-6-8-22-9-7-14)23(10-3-11-24)21(26)20(17)27-16/h4-9,12,18,24H,2-3,10-11H2,1H3. The van der Waals surface area contributed by atoms with Gasteiger partial charge in [0.15, 0.2) is 5.43 Å². The van der Waals surface area contributed by atoms with Crippen molar-refractivity contribution in [3.05, 3.63) is 75.4 Å². The largest absolute Gasteiger partial charge is 0.450 e. The van der Waals surface area contributed by atoms with E-state index in [1.165, 1.54) is 0 Å². The van der Waals surface area contributed by atoms with E-state index in [1.54, 1.807) is 35.5 Å². The van der Waals surface area contributed by atoms with E-state index in [0.29, 0.717) is 29.5 Å². The summed E-state index contributed by atoms with van der Waals surface area (Å²) in [6.07, 6.45) is 4.51. The van der Waals surface area contributed by atoms with Crippen molar-refractivity contribution in [2.75, 3.05) is 13.2 Å². The average Bonchev–Trinajstić information content (AvgIpc) is 2.99. The zero-order chi connectivity index (χ0) is 19.0. The fourth-order valence-electron chi connectivity index (χ4n) is 3.65. The van der Waals surface area contributed by atoms with Crippen LogP contribution in [0.1, 0.15) is 46.6 Å². The number of carbonyl (C=O) groups is 1. The van der Waals surface area contributed by atoms with Crippen LogP contribution in [0.3, 0.4) is 0 Å². The summed E-state index contributed by atoms with van der Waals surface area (Å²) in [5.41, 5.74) is 2.44. The molecule has 6 heteroatoms. The number of rotatable bonds is 5. The highest BCUT2D eigenvalue weighted by molar-refractivity contribution is 5.99. The van der Waals surface area contributed by atoms with Crippen molar-refractivity contribution < 1.29 is 14.3 Å². The molecule has 1 amide bonds. The van der Waals surface area contributed by atoms with E-state index < -0.39 is 6.04 Å². The minimum atomic E-state index is -0.534. The monoisotopic (exact) mass is 364 g/mol. The second-order valence-corrected chi connectivity index (χ2v) is 6.62. The third-order valence-electron chi connectivity index (χ3n) is 5.02. The first-order valence-corrected chi connectivity index (χ1v) is 9.07. The Kier molecular flexibility index (Phi) is 4.49. The number of aromatic nitrogens is 1. The summed E-state index contributed by atoms with van der Waals surface area (Å²) in [6.45, 7) is 2.32. The highest BCUT2D eigenvalue weighted by Crippen LogP contribution is 2.38. The normalized spacial score (nSPS) is 16.1. The molecule has 0 spiro atoms. The van der Waals surface area contributed by atoms with Crippen LogP contribution in [-0.2, 0) is 6.42 Å². The molecule has 1 aromatic carbocycles. The van der Waals surface area contributed by atoms with Gasteiger partial charge in [-0.2, -0.15) is 0 Å². The van der Waals surface area contributed by atoms with Crippen molar-refractivity contribution in [2.24, 2.45) is 0 Å². The Bertz CT molecular complexity index is 1060. The Balaban J connectivity index is 1.97. The Labute approximate surface area is 156 Å². The Morgan fingerprint density at radius 2 is 1.96 bits per heavy atom. The Morgan fingerprint density at radius 1 is 1.19 bits per heavy atom. The molecule has 1 unspecified atom stereocenters. The van der Waals surface area contributed by atoms with Crippen molar-refractivity contribution in [1.29, 1.82) is 0 Å². The van der Waals surface area contributed by atoms with Crippen LogP contribution in [0, 0.1) is 0 Å². The zero-order valence-electron chi connectivity index (χ0n) is 15.0. The van der Waals surface area contributed by atoms with Gasteiger partial charge in [0.25, 0.3) is 5.91 Å². The van der Waals surface area contributed by atoms with Gasteiger partial charge >= 0.3 is 0 Å². The van der Waals surface area contributed by atoms with Gasteiger partial charge in [0, 0.05) is 25.5 Å². The molecule has 3 heterocycles. The highest BCUT2D eigenvalue weighted by atomic mass is 16.3. The maximum Gasteiger partial charge on any atom is 0.290 e. The van der Waals surface area contributed by atoms with E-state index in [2.05, 4.69) is 4.98 Å². The van der Waals surface area contributed by atoms with Crippen molar-refractivity contribution >= 4 is 16.9 Å². The van der Waals surface area contributed by atoms with Crippen LogP contribution in [0.15, 0.2) is 51.9 Å². The second-order valence-electron chi connectivity index (χ2n) is 6.62. The molecule has 2 aromatic heterocycles. The summed E-state index contributed by atoms with van der Waals surface area (Å²) in [6, 6.07) is 8.55. The van der Waals surface area contributed by atoms with E-state index in [4.69, 9.17) is 4.42 Å². The predicted molar refractivity (Wildman–Crippen MR) is 101 cm³/mol. The number of aliphatic hydroxyl groups excluding tert-OH is 1. The Hall–Kier alpha value is -2.99. The fourth-order valence-corrected chi connectivity index (χ4v) is 3.65. The van der Waals surface area contributed by atoms with E-state index in [9.17, 15) is 14.7 Å². The van der Waals surface area contributed by atoms with Crippen LogP contribution in [0.5, 0.6) is 0 Å². The third-order valence-corrected chi connectivity index (χ3v) is 5.02. The lowest BCUT2D eigenvalue weighted by molar-refractivity contribution is 0.0716. The molecule has 1 N–H and O–H groups in total. The van der Waals surface area contributed by atoms with Crippen molar-refractivity contribution in [2.45, 2.75) is 25.8 Å². The van der Waals surface area contributed by atoms with Crippen LogP contribution in [0.4, 0.5) is 0 Å². The lowest BCUT2D eigenvalue weighted by Gasteiger charge is -2.24. The van der Waals surface area contributed by atoms with Crippen LogP contribution < -0.4 is 5.43 Å². The molecule has 0 aliphatic carbocycles. The number of carbonyl (C=O) groups excluding carboxylic acids is 1. The number of hydrogen-bond acceptors (Lipinski definition) is 5. The fraction of sp³-hybridized carbons (Fsp3) is 0.286. The molecule has 0 bridgehead atoms. The van der Waals surface area contributed by atoms with E-state index in [1.807, 2.05) is 19.1 Å². The van der Waals surface area contributed by atoms with Gasteiger partial charge in [-0.05, 0) is 48.2 Å². The minimum Gasteiger partial charge on any atom is -0.450 e. The molecular weight excluding hydrogens is 344 g/mol. The summed E-state index contributed by atoms with van der Waals surface area (Å²) < 4.78 is 5.89. The number of aryl methyl sites for hydroxylation is 1. The molecule has 1 aliphatic rings. The second kappa shape index (κ2) is 6.96. The molecule has 4 rings (SSSR count). The molecule has 1 atom stereocenters. The first-order chi connectivity index (χ1) is 13.2. The summed E-state index contributed by atoms with van der Waals surface area (Å²) in [7, 11) is 0. The number of pyridine rings is 1. The molecule has 0 saturated carbocycles. The van der Waals surface area contributed by atoms with Gasteiger partial charge in [0.1, 0.15) is 5.58 Å². The number of benzene rings is 1. The van der Waals surface area contributed by atoms with Gasteiger partial charge < -0.3 is 14.4 Å². The van der Waals surface area contributed by atoms with Crippen LogP contribution in [0.25, 0.3) is 11.0 Å². The van der Waals surface area contributed by atoms with Crippen LogP contribution in [0.2, 0.25) is 0 Å². The van der Waals surface area contributed by atoms with Crippen molar-refractivity contribution in [1.82, 2.24) is 9.88 Å². The maximum atomic E-state index is 13.3. The number of nitrogens with zero attached hydrogens (tertiary/aromatic N) is 2. The Morgan fingerprint density at radius 3 is 2.67 bits per heavy atom. The highest BCUT2D eigenvalue weighted by Gasteiger charge is 2.42. The number of amides is 1. The number of aliphatic hydroxyl groups is 1. The van der Waals surface area contributed by atoms with Crippen LogP contribution >= 0.6 is 0 Å². The summed E-state index contributed by atoms with van der Waals surface area (Å²) >= 11 is 0.